The molecule has 4 rings (SSSR count). The number of fused-ring (bicyclic) bond motifs is 1. The predicted molar refractivity (Wildman–Crippen MR) is 127 cm³/mol. The van der Waals surface area contributed by atoms with Crippen molar-refractivity contribution < 1.29 is 8.42 Å². The normalized spacial score (nSPS) is 12.4. The molecule has 2 aromatic carbocycles. The zero-order valence-corrected chi connectivity index (χ0v) is 19.2. The van der Waals surface area contributed by atoms with Crippen molar-refractivity contribution in [2.75, 3.05) is 23.0 Å². The lowest BCUT2D eigenvalue weighted by Crippen LogP contribution is -2.14. The number of nitriles is 1. The largest absolute Gasteiger partial charge is 0.382 e. The van der Waals surface area contributed by atoms with Gasteiger partial charge in [-0.1, -0.05) is 17.7 Å². The molecule has 2 aromatic heterocycles. The predicted octanol–water partition coefficient (Wildman–Crippen LogP) is 3.08. The number of sulfone groups is 1. The fourth-order valence-corrected chi connectivity index (χ4v) is 4.29. The Bertz CT molecular complexity index is 1540. The number of halogens is 1. The number of nitrogens with one attached hydrogen (secondary N) is 1. The van der Waals surface area contributed by atoms with Crippen LogP contribution >= 0.6 is 11.6 Å². The maximum Gasteiger partial charge on any atom is 0.224 e. The lowest BCUT2D eigenvalue weighted by atomic mass is 10.1. The Hall–Kier alpha value is -3.88. The van der Waals surface area contributed by atoms with E-state index in [0.717, 1.165) is 11.6 Å². The van der Waals surface area contributed by atoms with Crippen LogP contribution in [0.2, 0.25) is 5.02 Å². The van der Waals surface area contributed by atoms with Crippen LogP contribution in [0.1, 0.15) is 24.2 Å². The second-order valence-electron chi connectivity index (χ2n) is 7.40. The molecule has 0 aliphatic heterocycles. The molecule has 1 atom stereocenters. The summed E-state index contributed by atoms with van der Waals surface area (Å²) >= 11 is 6.24. The SMILES string of the molecule is C[C@H](Nc1nc(N)nc(N)c1C#N)c1nn(-c2cccc(S(C)(=O)=O)c2)c2cc(Cl)ccc12. The molecule has 2 heterocycles. The Kier molecular flexibility index (Phi) is 5.57. The zero-order chi connectivity index (χ0) is 23.9. The van der Waals surface area contributed by atoms with Gasteiger partial charge in [0, 0.05) is 16.7 Å². The van der Waals surface area contributed by atoms with E-state index in [4.69, 9.17) is 28.2 Å². The number of anilines is 3. The van der Waals surface area contributed by atoms with E-state index in [0.29, 0.717) is 21.9 Å². The molecule has 5 N–H and O–H groups in total. The van der Waals surface area contributed by atoms with E-state index >= 15 is 0 Å². The monoisotopic (exact) mass is 482 g/mol. The van der Waals surface area contributed by atoms with Gasteiger partial charge in [0.25, 0.3) is 0 Å². The molecule has 0 saturated heterocycles. The van der Waals surface area contributed by atoms with Crippen molar-refractivity contribution in [3.05, 3.63) is 58.7 Å². The van der Waals surface area contributed by atoms with Crippen molar-refractivity contribution in [1.82, 2.24) is 19.7 Å². The molecule has 0 aliphatic rings. The highest BCUT2D eigenvalue weighted by atomic mass is 35.5. The van der Waals surface area contributed by atoms with Crippen LogP contribution in [0.3, 0.4) is 0 Å². The third-order valence-electron chi connectivity index (χ3n) is 4.99. The Balaban J connectivity index is 1.85. The molecular formula is C21H19ClN8O2S. The van der Waals surface area contributed by atoms with Crippen LogP contribution in [0.4, 0.5) is 17.6 Å². The van der Waals surface area contributed by atoms with Gasteiger partial charge in [-0.2, -0.15) is 20.3 Å². The molecule has 33 heavy (non-hydrogen) atoms. The summed E-state index contributed by atoms with van der Waals surface area (Å²) in [6, 6.07) is 13.3. The van der Waals surface area contributed by atoms with Crippen LogP contribution in [-0.2, 0) is 9.84 Å². The fourth-order valence-electron chi connectivity index (χ4n) is 3.46. The first-order valence-electron chi connectivity index (χ1n) is 9.66. The highest BCUT2D eigenvalue weighted by Gasteiger charge is 2.21. The van der Waals surface area contributed by atoms with Crippen molar-refractivity contribution in [3.63, 3.8) is 0 Å². The molecule has 0 fully saturated rings. The van der Waals surface area contributed by atoms with Crippen LogP contribution in [0.5, 0.6) is 0 Å². The third kappa shape index (κ3) is 4.26. The molecule has 0 bridgehead atoms. The molecule has 0 spiro atoms. The van der Waals surface area contributed by atoms with Gasteiger partial charge in [0.05, 0.1) is 27.8 Å². The lowest BCUT2D eigenvalue weighted by molar-refractivity contribution is 0.601. The number of nitrogens with two attached hydrogens (primary N) is 2. The van der Waals surface area contributed by atoms with Crippen LogP contribution in [-0.4, -0.2) is 34.4 Å². The highest BCUT2D eigenvalue weighted by Crippen LogP contribution is 2.31. The Morgan fingerprint density at radius 3 is 2.64 bits per heavy atom. The Morgan fingerprint density at radius 1 is 1.18 bits per heavy atom. The minimum absolute atomic E-state index is 0.0283. The van der Waals surface area contributed by atoms with Gasteiger partial charge in [-0.25, -0.2) is 13.1 Å². The smallest absolute Gasteiger partial charge is 0.224 e. The van der Waals surface area contributed by atoms with E-state index in [9.17, 15) is 13.7 Å². The number of hydrogen-bond donors (Lipinski definition) is 3. The molecule has 12 heteroatoms. The van der Waals surface area contributed by atoms with E-state index in [2.05, 4.69) is 15.3 Å². The first-order chi connectivity index (χ1) is 15.6. The van der Waals surface area contributed by atoms with Gasteiger partial charge in [-0.3, -0.25) is 0 Å². The molecule has 10 nitrogen and oxygen atoms in total. The Labute approximate surface area is 194 Å². The van der Waals surface area contributed by atoms with E-state index in [1.165, 1.54) is 6.07 Å². The van der Waals surface area contributed by atoms with Gasteiger partial charge in [0.15, 0.2) is 15.7 Å². The van der Waals surface area contributed by atoms with Gasteiger partial charge in [-0.15, -0.1) is 0 Å². The maximum atomic E-state index is 12.0. The first-order valence-corrected chi connectivity index (χ1v) is 11.9. The lowest BCUT2D eigenvalue weighted by Gasteiger charge is -2.15. The van der Waals surface area contributed by atoms with Crippen LogP contribution in [0.15, 0.2) is 47.4 Å². The summed E-state index contributed by atoms with van der Waals surface area (Å²) in [5, 5.41) is 18.6. The third-order valence-corrected chi connectivity index (χ3v) is 6.34. The van der Waals surface area contributed by atoms with Crippen molar-refractivity contribution in [3.8, 4) is 11.8 Å². The number of hydrogen-bond acceptors (Lipinski definition) is 9. The molecule has 0 radical (unpaired) electrons. The fraction of sp³-hybridized carbons (Fsp3) is 0.143. The first kappa shape index (κ1) is 22.3. The van der Waals surface area contributed by atoms with Crippen molar-refractivity contribution >= 4 is 49.9 Å². The van der Waals surface area contributed by atoms with E-state index in [1.807, 2.05) is 19.1 Å². The number of nitrogens with zero attached hydrogens (tertiary/aromatic N) is 5. The van der Waals surface area contributed by atoms with Crippen LogP contribution in [0, 0.1) is 11.3 Å². The summed E-state index contributed by atoms with van der Waals surface area (Å²) in [4.78, 5) is 8.08. The summed E-state index contributed by atoms with van der Waals surface area (Å²) in [7, 11) is -3.41. The van der Waals surface area contributed by atoms with Gasteiger partial charge >= 0.3 is 0 Å². The van der Waals surface area contributed by atoms with Gasteiger partial charge in [0.1, 0.15) is 17.5 Å². The summed E-state index contributed by atoms with van der Waals surface area (Å²) in [6.07, 6.45) is 1.15. The molecular weight excluding hydrogens is 464 g/mol. The topological polar surface area (TPSA) is 166 Å². The zero-order valence-electron chi connectivity index (χ0n) is 17.6. The number of aromatic nitrogens is 4. The van der Waals surface area contributed by atoms with Crippen LogP contribution in [0.25, 0.3) is 16.6 Å². The van der Waals surface area contributed by atoms with Crippen molar-refractivity contribution in [2.24, 2.45) is 0 Å². The minimum Gasteiger partial charge on any atom is -0.382 e. The number of rotatable bonds is 5. The van der Waals surface area contributed by atoms with Gasteiger partial charge < -0.3 is 16.8 Å². The van der Waals surface area contributed by atoms with Gasteiger partial charge in [-0.05, 0) is 43.3 Å². The standard InChI is InChI=1S/C21H19ClN8O2S/c1-11(26-20-16(10-23)19(24)27-21(25)28-20)18-15-7-6-12(22)8-17(15)30(29-18)13-4-3-5-14(9-13)33(2,31)32/h3-9,11H,1-2H3,(H5,24,25,26,27,28)/t11-/m0/s1. The maximum absolute atomic E-state index is 12.0. The summed E-state index contributed by atoms with van der Waals surface area (Å²) in [6.45, 7) is 1.84. The number of benzene rings is 2. The summed E-state index contributed by atoms with van der Waals surface area (Å²) < 4.78 is 25.7. The van der Waals surface area contributed by atoms with Gasteiger partial charge in [0.2, 0.25) is 5.95 Å². The summed E-state index contributed by atoms with van der Waals surface area (Å²) in [5.41, 5.74) is 13.4. The highest BCUT2D eigenvalue weighted by molar-refractivity contribution is 7.90. The average Bonchev–Trinajstić information content (AvgIpc) is 3.12. The van der Waals surface area contributed by atoms with E-state index in [1.54, 1.807) is 35.0 Å². The molecule has 0 aliphatic carbocycles. The summed E-state index contributed by atoms with van der Waals surface area (Å²) in [5.74, 6) is 0.0890. The Morgan fingerprint density at radius 2 is 1.94 bits per heavy atom. The molecule has 0 unspecified atom stereocenters. The quantitative estimate of drug-likeness (QED) is 0.387. The minimum atomic E-state index is -3.41. The van der Waals surface area contributed by atoms with Crippen molar-refractivity contribution in [1.29, 1.82) is 5.26 Å². The van der Waals surface area contributed by atoms with Crippen molar-refractivity contribution in [2.45, 2.75) is 17.9 Å². The molecule has 4 aromatic rings. The molecule has 0 saturated carbocycles. The number of nitrogen functional groups attached to an aromatic ring is 2. The van der Waals surface area contributed by atoms with E-state index in [-0.39, 0.29) is 28.0 Å². The molecule has 168 valence electrons. The average molecular weight is 483 g/mol. The van der Waals surface area contributed by atoms with E-state index < -0.39 is 15.9 Å². The van der Waals surface area contributed by atoms with Crippen LogP contribution < -0.4 is 16.8 Å². The molecule has 0 amide bonds. The second kappa shape index (κ2) is 8.23. The second-order valence-corrected chi connectivity index (χ2v) is 9.85.